The molecule has 0 aromatic rings. The van der Waals surface area contributed by atoms with Gasteiger partial charge >= 0.3 is 0 Å². The van der Waals surface area contributed by atoms with E-state index in [2.05, 4.69) is 6.58 Å². The van der Waals surface area contributed by atoms with Gasteiger partial charge in [0.2, 0.25) is 0 Å². The van der Waals surface area contributed by atoms with Crippen LogP contribution in [-0.2, 0) is 10.1 Å². The van der Waals surface area contributed by atoms with Crippen molar-refractivity contribution < 1.29 is 39.3 Å². The molecule has 0 fully saturated rings. The zero-order chi connectivity index (χ0) is 20.8. The van der Waals surface area contributed by atoms with Crippen LogP contribution >= 0.6 is 0 Å². The summed E-state index contributed by atoms with van der Waals surface area (Å²) in [7, 11) is -4.90. The quantitative estimate of drug-likeness (QED) is 0.208. The molecule has 0 aliphatic heterocycles. The van der Waals surface area contributed by atoms with E-state index in [1.165, 1.54) is 0 Å². The Balaban J connectivity index is 0. The molecular weight excluding hydrogens is 388 g/mol. The topological polar surface area (TPSA) is 80.4 Å². The van der Waals surface area contributed by atoms with E-state index in [9.17, 15) is 34.8 Å². The molecule has 3 N–H and O–H groups in total. The molecule has 0 aliphatic rings. The van der Waals surface area contributed by atoms with Crippen LogP contribution in [0.4, 0.5) is 26.3 Å². The van der Waals surface area contributed by atoms with Gasteiger partial charge in [-0.1, -0.05) is 25.3 Å². The molecule has 0 aromatic heterocycles. The predicted molar refractivity (Wildman–Crippen MR) is 89.2 cm³/mol. The standard InChI is InChI=1S/C12H20F6O3S.C3H7N/c13-6-4-2-1-3-5-8(14)10(16)12(18)11(17)9(15)7-22(19,20)21;1-2-3-4/h8-12H,1-7H2,(H,19,20,21);2H,1,3-4H2. The molecule has 0 saturated heterocycles. The van der Waals surface area contributed by atoms with Crippen LogP contribution < -0.4 is 5.73 Å². The second-order valence-corrected chi connectivity index (χ2v) is 7.03. The molecule has 4 nitrogen and oxygen atoms in total. The van der Waals surface area contributed by atoms with Crippen molar-refractivity contribution in [1.29, 1.82) is 0 Å². The minimum atomic E-state index is -4.90. The van der Waals surface area contributed by atoms with Crippen molar-refractivity contribution in [3.8, 4) is 0 Å². The summed E-state index contributed by atoms with van der Waals surface area (Å²) in [5.41, 5.74) is 4.91. The van der Waals surface area contributed by atoms with Crippen LogP contribution in [0.15, 0.2) is 12.7 Å². The highest BCUT2D eigenvalue weighted by Gasteiger charge is 2.41. The number of rotatable bonds is 13. The summed E-state index contributed by atoms with van der Waals surface area (Å²) in [5.74, 6) is -1.73. The number of hydrogen-bond acceptors (Lipinski definition) is 3. The lowest BCUT2D eigenvalue weighted by Crippen LogP contribution is -2.41. The van der Waals surface area contributed by atoms with Crippen LogP contribution in [0, 0.1) is 0 Å². The van der Waals surface area contributed by atoms with Crippen LogP contribution in [0.25, 0.3) is 0 Å². The summed E-state index contributed by atoms with van der Waals surface area (Å²) in [5, 5.41) is 0. The fourth-order valence-electron chi connectivity index (χ4n) is 1.81. The van der Waals surface area contributed by atoms with Gasteiger partial charge in [-0.25, -0.2) is 22.0 Å². The van der Waals surface area contributed by atoms with E-state index in [-0.39, 0.29) is 12.8 Å². The predicted octanol–water partition coefficient (Wildman–Crippen LogP) is 3.62. The normalized spacial score (nSPS) is 17.4. The first kappa shape index (κ1) is 27.4. The van der Waals surface area contributed by atoms with E-state index < -0.39 is 59.8 Å². The monoisotopic (exact) mass is 415 g/mol. The van der Waals surface area contributed by atoms with Crippen LogP contribution in [0.2, 0.25) is 0 Å². The van der Waals surface area contributed by atoms with Gasteiger partial charge in [-0.05, 0) is 12.8 Å². The van der Waals surface area contributed by atoms with Crippen LogP contribution in [0.5, 0.6) is 0 Å². The Hall–Kier alpha value is -0.810. The van der Waals surface area contributed by atoms with Crippen molar-refractivity contribution in [1.82, 2.24) is 0 Å². The van der Waals surface area contributed by atoms with Gasteiger partial charge in [0.1, 0.15) is 11.9 Å². The first-order valence-electron chi connectivity index (χ1n) is 8.04. The molecule has 0 rings (SSSR count). The molecule has 0 heterocycles. The van der Waals surface area contributed by atoms with Crippen molar-refractivity contribution in [2.45, 2.75) is 63.0 Å². The number of hydrogen-bond donors (Lipinski definition) is 2. The molecule has 0 amide bonds. The highest BCUT2D eigenvalue weighted by molar-refractivity contribution is 7.85. The Labute approximate surface area is 150 Å². The SMILES string of the molecule is C=CCN.O=S(=O)(O)CC(F)C(F)C(F)C(F)C(F)CCCCCCF. The van der Waals surface area contributed by atoms with Gasteiger partial charge < -0.3 is 5.73 Å². The third-order valence-electron chi connectivity index (χ3n) is 3.20. The summed E-state index contributed by atoms with van der Waals surface area (Å²) in [6, 6.07) is 0. The highest BCUT2D eigenvalue weighted by Crippen LogP contribution is 2.24. The van der Waals surface area contributed by atoms with Crippen LogP contribution in [0.1, 0.15) is 32.1 Å². The number of nitrogens with two attached hydrogens (primary N) is 1. The Bertz CT molecular complexity index is 455. The van der Waals surface area contributed by atoms with Gasteiger partial charge in [-0.3, -0.25) is 8.94 Å². The molecular formula is C15H27F6NO3S. The molecule has 0 bridgehead atoms. The maximum absolute atomic E-state index is 13.4. The van der Waals surface area contributed by atoms with E-state index >= 15 is 0 Å². The molecule has 26 heavy (non-hydrogen) atoms. The third-order valence-corrected chi connectivity index (χ3v) is 3.94. The molecule has 158 valence electrons. The van der Waals surface area contributed by atoms with Crippen molar-refractivity contribution >= 4 is 10.1 Å². The Morgan fingerprint density at radius 3 is 1.81 bits per heavy atom. The Kier molecular flexibility index (Phi) is 16.1. The van der Waals surface area contributed by atoms with Crippen molar-refractivity contribution in [3.05, 3.63) is 12.7 Å². The summed E-state index contributed by atoms with van der Waals surface area (Å²) in [6.07, 6.45) is -12.3. The summed E-state index contributed by atoms with van der Waals surface area (Å²) >= 11 is 0. The van der Waals surface area contributed by atoms with Gasteiger partial charge in [0, 0.05) is 6.54 Å². The fraction of sp³-hybridized carbons (Fsp3) is 0.867. The summed E-state index contributed by atoms with van der Waals surface area (Å²) < 4.78 is 107. The van der Waals surface area contributed by atoms with Crippen molar-refractivity contribution in [3.63, 3.8) is 0 Å². The molecule has 0 aliphatic carbocycles. The van der Waals surface area contributed by atoms with E-state index in [4.69, 9.17) is 10.3 Å². The molecule has 0 radical (unpaired) electrons. The van der Waals surface area contributed by atoms with Crippen molar-refractivity contribution in [2.24, 2.45) is 5.73 Å². The molecule has 0 aromatic carbocycles. The van der Waals surface area contributed by atoms with E-state index in [1.807, 2.05) is 0 Å². The maximum atomic E-state index is 13.4. The Morgan fingerprint density at radius 1 is 0.923 bits per heavy atom. The van der Waals surface area contributed by atoms with Gasteiger partial charge in [0.05, 0.1) is 6.67 Å². The zero-order valence-corrected chi connectivity index (χ0v) is 15.2. The summed E-state index contributed by atoms with van der Waals surface area (Å²) in [6.45, 7) is 3.40. The minimum absolute atomic E-state index is 0.134. The van der Waals surface area contributed by atoms with Gasteiger partial charge in [0.15, 0.2) is 24.7 Å². The molecule has 0 spiro atoms. The van der Waals surface area contributed by atoms with Crippen LogP contribution in [0.3, 0.4) is 0 Å². The molecule has 5 atom stereocenters. The second-order valence-electron chi connectivity index (χ2n) is 5.53. The maximum Gasteiger partial charge on any atom is 0.267 e. The van der Waals surface area contributed by atoms with E-state index in [1.54, 1.807) is 6.08 Å². The first-order valence-corrected chi connectivity index (χ1v) is 9.65. The molecule has 5 unspecified atom stereocenters. The average molecular weight is 415 g/mol. The van der Waals surface area contributed by atoms with E-state index in [0.29, 0.717) is 19.4 Å². The Morgan fingerprint density at radius 2 is 1.38 bits per heavy atom. The zero-order valence-electron chi connectivity index (χ0n) is 14.3. The fourth-order valence-corrected chi connectivity index (χ4v) is 2.40. The smallest absolute Gasteiger partial charge is 0.267 e. The molecule has 11 heteroatoms. The lowest BCUT2D eigenvalue weighted by atomic mass is 10.0. The largest absolute Gasteiger partial charge is 0.327 e. The molecule has 0 saturated carbocycles. The highest BCUT2D eigenvalue weighted by atomic mass is 32.2. The van der Waals surface area contributed by atoms with Gasteiger partial charge in [-0.15, -0.1) is 6.58 Å². The van der Waals surface area contributed by atoms with Gasteiger partial charge in [-0.2, -0.15) is 8.42 Å². The van der Waals surface area contributed by atoms with E-state index in [0.717, 1.165) is 0 Å². The average Bonchev–Trinajstić information content (AvgIpc) is 2.58. The van der Waals surface area contributed by atoms with Gasteiger partial charge in [0.25, 0.3) is 10.1 Å². The van der Waals surface area contributed by atoms with Crippen molar-refractivity contribution in [2.75, 3.05) is 19.0 Å². The lowest BCUT2D eigenvalue weighted by Gasteiger charge is -2.22. The summed E-state index contributed by atoms with van der Waals surface area (Å²) in [4.78, 5) is 0. The lowest BCUT2D eigenvalue weighted by molar-refractivity contribution is 0.00347. The minimum Gasteiger partial charge on any atom is -0.327 e. The first-order chi connectivity index (χ1) is 12.0. The van der Waals surface area contributed by atoms with Crippen LogP contribution in [-0.4, -0.2) is 62.8 Å². The third kappa shape index (κ3) is 14.4. The second kappa shape index (κ2) is 15.3. The number of halogens is 6. The number of unbranched alkanes of at least 4 members (excludes halogenated alkanes) is 3. The number of alkyl halides is 6.